The fourth-order valence-corrected chi connectivity index (χ4v) is 3.47. The monoisotopic (exact) mass is 286 g/mol. The van der Waals surface area contributed by atoms with Gasteiger partial charge in [-0.25, -0.2) is 0 Å². The van der Waals surface area contributed by atoms with Gasteiger partial charge in [-0.15, -0.1) is 0 Å². The van der Waals surface area contributed by atoms with Gasteiger partial charge in [0.2, 0.25) is 0 Å². The molecule has 20 heavy (non-hydrogen) atoms. The maximum absolute atomic E-state index is 12.0. The highest BCUT2D eigenvalue weighted by Crippen LogP contribution is 2.46. The molecule has 2 saturated heterocycles. The predicted molar refractivity (Wildman–Crippen MR) is 67.8 cm³/mol. The quantitative estimate of drug-likeness (QED) is 0.675. The van der Waals surface area contributed by atoms with Crippen LogP contribution >= 0.6 is 0 Å². The summed E-state index contributed by atoms with van der Waals surface area (Å²) in [5.74, 6) is -2.06. The summed E-state index contributed by atoms with van der Waals surface area (Å²) in [6.45, 7) is 7.42. The molecule has 6 heteroatoms. The minimum atomic E-state index is -0.730. The Morgan fingerprint density at radius 2 is 1.50 bits per heavy atom. The topological polar surface area (TPSA) is 63.2 Å². The highest BCUT2D eigenvalue weighted by molar-refractivity contribution is 5.73. The molecule has 0 radical (unpaired) electrons. The Morgan fingerprint density at radius 3 is 2.15 bits per heavy atom. The summed E-state index contributed by atoms with van der Waals surface area (Å²) in [5, 5.41) is 0. The molecule has 2 aliphatic heterocycles. The molecule has 3 rings (SSSR count). The highest BCUT2D eigenvalue weighted by atomic mass is 16.8. The zero-order valence-electron chi connectivity index (χ0n) is 12.5. The molecule has 0 bridgehead atoms. The summed E-state index contributed by atoms with van der Waals surface area (Å²) in [5.41, 5.74) is 0. The minimum Gasteiger partial charge on any atom is -0.469 e. The zero-order chi connectivity index (χ0) is 14.7. The first kappa shape index (κ1) is 14.3. The third kappa shape index (κ3) is 2.24. The molecule has 6 nitrogen and oxygen atoms in total. The summed E-state index contributed by atoms with van der Waals surface area (Å²) in [6, 6.07) is 0. The van der Waals surface area contributed by atoms with E-state index in [0.29, 0.717) is 6.42 Å². The fourth-order valence-electron chi connectivity index (χ4n) is 3.47. The van der Waals surface area contributed by atoms with E-state index in [9.17, 15) is 4.79 Å². The van der Waals surface area contributed by atoms with Crippen LogP contribution in [0.2, 0.25) is 0 Å². The standard InChI is InChI=1S/C14H22O6/c1-13(2)17-8-6-7(12(15)16-5)9-11(10(8)19-13)20-14(3,4)18-9/h7-11H,6H2,1-5H3/t7-,8+,9-,10+,11-/m1/s1. The van der Waals surface area contributed by atoms with Crippen LogP contribution in [0.1, 0.15) is 34.1 Å². The molecule has 114 valence electrons. The Labute approximate surface area is 118 Å². The van der Waals surface area contributed by atoms with Crippen LogP contribution in [-0.4, -0.2) is 49.1 Å². The lowest BCUT2D eigenvalue weighted by Gasteiger charge is -2.35. The van der Waals surface area contributed by atoms with Gasteiger partial charge >= 0.3 is 5.97 Å². The largest absolute Gasteiger partial charge is 0.469 e. The van der Waals surface area contributed by atoms with Crippen molar-refractivity contribution in [2.24, 2.45) is 5.92 Å². The SMILES string of the molecule is COC(=O)[C@@H]1C[C@@H]2OC(C)(C)O[C@@H]2[C@@H]2OC(C)(C)O[C@@H]21. The number of methoxy groups -OCH3 is 1. The Morgan fingerprint density at radius 1 is 0.950 bits per heavy atom. The van der Waals surface area contributed by atoms with Crippen LogP contribution in [0.5, 0.6) is 0 Å². The van der Waals surface area contributed by atoms with Crippen LogP contribution in [0.4, 0.5) is 0 Å². The van der Waals surface area contributed by atoms with Crippen molar-refractivity contribution in [2.75, 3.05) is 7.11 Å². The van der Waals surface area contributed by atoms with Gasteiger partial charge in [0, 0.05) is 0 Å². The van der Waals surface area contributed by atoms with Crippen molar-refractivity contribution in [3.8, 4) is 0 Å². The van der Waals surface area contributed by atoms with Gasteiger partial charge in [0.25, 0.3) is 0 Å². The van der Waals surface area contributed by atoms with Crippen molar-refractivity contribution in [1.82, 2.24) is 0 Å². The smallest absolute Gasteiger partial charge is 0.311 e. The zero-order valence-corrected chi connectivity index (χ0v) is 12.5. The molecule has 3 fully saturated rings. The van der Waals surface area contributed by atoms with Crippen molar-refractivity contribution in [1.29, 1.82) is 0 Å². The van der Waals surface area contributed by atoms with E-state index in [1.54, 1.807) is 0 Å². The summed E-state index contributed by atoms with van der Waals surface area (Å²) >= 11 is 0. The fraction of sp³-hybridized carbons (Fsp3) is 0.929. The van der Waals surface area contributed by atoms with Gasteiger partial charge in [-0.2, -0.15) is 0 Å². The maximum Gasteiger partial charge on any atom is 0.311 e. The Kier molecular flexibility index (Phi) is 3.14. The van der Waals surface area contributed by atoms with Gasteiger partial charge in [0.1, 0.15) is 18.3 Å². The van der Waals surface area contributed by atoms with E-state index in [2.05, 4.69) is 0 Å². The maximum atomic E-state index is 12.0. The molecule has 2 heterocycles. The second kappa shape index (κ2) is 4.40. The molecular formula is C14H22O6. The number of ether oxygens (including phenoxy) is 5. The van der Waals surface area contributed by atoms with Gasteiger partial charge < -0.3 is 23.7 Å². The molecule has 5 atom stereocenters. The van der Waals surface area contributed by atoms with E-state index < -0.39 is 11.6 Å². The lowest BCUT2D eigenvalue weighted by molar-refractivity contribution is -0.177. The Hall–Kier alpha value is -0.690. The van der Waals surface area contributed by atoms with Crippen LogP contribution in [0, 0.1) is 5.92 Å². The molecule has 1 saturated carbocycles. The summed E-state index contributed by atoms with van der Waals surface area (Å²) < 4.78 is 28.6. The molecule has 1 aliphatic carbocycles. The number of hydrogen-bond donors (Lipinski definition) is 0. The Balaban J connectivity index is 1.90. The highest BCUT2D eigenvalue weighted by Gasteiger charge is 2.61. The first-order chi connectivity index (χ1) is 9.22. The Bertz CT molecular complexity index is 418. The third-order valence-electron chi connectivity index (χ3n) is 4.10. The summed E-state index contributed by atoms with van der Waals surface area (Å²) in [7, 11) is 1.39. The van der Waals surface area contributed by atoms with Crippen molar-refractivity contribution >= 4 is 5.97 Å². The molecule has 0 aromatic carbocycles. The lowest BCUT2D eigenvalue weighted by atomic mass is 9.81. The number of esters is 1. The van der Waals surface area contributed by atoms with Crippen LogP contribution in [0.25, 0.3) is 0 Å². The lowest BCUT2D eigenvalue weighted by Crippen LogP contribution is -2.53. The van der Waals surface area contributed by atoms with Crippen LogP contribution < -0.4 is 0 Å². The number of hydrogen-bond acceptors (Lipinski definition) is 6. The molecule has 0 amide bonds. The normalized spacial score (nSPS) is 44.8. The molecule has 0 aromatic heterocycles. The summed E-state index contributed by atoms with van der Waals surface area (Å²) in [6.07, 6.45) is -0.516. The number of fused-ring (bicyclic) bond motifs is 3. The number of carbonyl (C=O) groups excluding carboxylic acids is 1. The average Bonchev–Trinajstić information content (AvgIpc) is 2.81. The molecule has 0 unspecified atom stereocenters. The van der Waals surface area contributed by atoms with Gasteiger partial charge in [-0.05, 0) is 34.1 Å². The van der Waals surface area contributed by atoms with Gasteiger partial charge in [-0.3, -0.25) is 4.79 Å². The molecular weight excluding hydrogens is 264 g/mol. The first-order valence-electron chi connectivity index (χ1n) is 7.01. The molecule has 0 N–H and O–H groups in total. The van der Waals surface area contributed by atoms with Gasteiger partial charge in [-0.1, -0.05) is 0 Å². The molecule has 3 aliphatic rings. The third-order valence-corrected chi connectivity index (χ3v) is 4.10. The van der Waals surface area contributed by atoms with Crippen LogP contribution in [0.3, 0.4) is 0 Å². The minimum absolute atomic E-state index is 0.173. The van der Waals surface area contributed by atoms with E-state index in [1.807, 2.05) is 27.7 Å². The van der Waals surface area contributed by atoms with E-state index in [0.717, 1.165) is 0 Å². The van der Waals surface area contributed by atoms with E-state index in [-0.39, 0.29) is 36.3 Å². The predicted octanol–water partition coefficient (Wildman–Crippen LogP) is 1.22. The van der Waals surface area contributed by atoms with E-state index in [1.165, 1.54) is 7.11 Å². The average molecular weight is 286 g/mol. The van der Waals surface area contributed by atoms with Crippen LogP contribution in [-0.2, 0) is 28.5 Å². The summed E-state index contributed by atoms with van der Waals surface area (Å²) in [4.78, 5) is 12.0. The van der Waals surface area contributed by atoms with Crippen LogP contribution in [0.15, 0.2) is 0 Å². The second-order valence-corrected chi connectivity index (χ2v) is 6.57. The van der Waals surface area contributed by atoms with Crippen molar-refractivity contribution in [3.63, 3.8) is 0 Å². The van der Waals surface area contributed by atoms with E-state index >= 15 is 0 Å². The van der Waals surface area contributed by atoms with Crippen molar-refractivity contribution < 1.29 is 28.5 Å². The van der Waals surface area contributed by atoms with Gasteiger partial charge in [0.15, 0.2) is 11.6 Å². The van der Waals surface area contributed by atoms with Gasteiger partial charge in [0.05, 0.1) is 19.1 Å². The van der Waals surface area contributed by atoms with E-state index in [4.69, 9.17) is 23.7 Å². The number of carbonyl (C=O) groups is 1. The van der Waals surface area contributed by atoms with Crippen molar-refractivity contribution in [3.05, 3.63) is 0 Å². The first-order valence-corrected chi connectivity index (χ1v) is 7.01. The molecule has 0 aromatic rings. The van der Waals surface area contributed by atoms with Crippen molar-refractivity contribution in [2.45, 2.75) is 70.1 Å². The second-order valence-electron chi connectivity index (χ2n) is 6.57. The number of rotatable bonds is 1. The molecule has 0 spiro atoms.